The lowest BCUT2D eigenvalue weighted by molar-refractivity contribution is 0.306. The van der Waals surface area contributed by atoms with Gasteiger partial charge in [0, 0.05) is 30.7 Å². The van der Waals surface area contributed by atoms with Crippen LogP contribution >= 0.6 is 11.6 Å². The van der Waals surface area contributed by atoms with Crippen LogP contribution in [0.25, 0.3) is 15.9 Å². The number of guanidine groups is 1. The SMILES string of the molecule is [C-]#[N+]NC(=NCC#Cc1ccc2ncnc(Nc3ccc(OCc4cccc(F)c4)c(Cl)c3)c2c1)N(C)C. The highest BCUT2D eigenvalue weighted by molar-refractivity contribution is 6.32. The van der Waals surface area contributed by atoms with E-state index < -0.39 is 0 Å². The largest absolute Gasteiger partial charge is 0.487 e. The average Bonchev–Trinajstić information content (AvgIpc) is 2.90. The minimum Gasteiger partial charge on any atom is -0.487 e. The quantitative estimate of drug-likeness (QED) is 0.114. The molecule has 0 fully saturated rings. The number of nitrogens with zero attached hydrogens (tertiary/aromatic N) is 5. The zero-order valence-electron chi connectivity index (χ0n) is 20.7. The van der Waals surface area contributed by atoms with E-state index in [-0.39, 0.29) is 19.0 Å². The normalized spacial score (nSPS) is 10.8. The summed E-state index contributed by atoms with van der Waals surface area (Å²) in [5, 5.41) is 4.47. The van der Waals surface area contributed by atoms with E-state index in [0.717, 1.165) is 16.5 Å². The molecule has 1 aromatic heterocycles. The molecule has 0 amide bonds. The van der Waals surface area contributed by atoms with Crippen molar-refractivity contribution in [2.45, 2.75) is 6.61 Å². The third-order valence-corrected chi connectivity index (χ3v) is 5.53. The van der Waals surface area contributed by atoms with Crippen LogP contribution in [0, 0.1) is 24.2 Å². The lowest BCUT2D eigenvalue weighted by Gasteiger charge is -2.12. The molecule has 4 aromatic rings. The minimum atomic E-state index is -0.316. The van der Waals surface area contributed by atoms with E-state index >= 15 is 0 Å². The van der Waals surface area contributed by atoms with Gasteiger partial charge in [0.25, 0.3) is 5.96 Å². The molecule has 0 bridgehead atoms. The molecule has 8 nitrogen and oxygen atoms in total. The third kappa shape index (κ3) is 6.88. The summed E-state index contributed by atoms with van der Waals surface area (Å²) in [7, 11) is 3.59. The number of aromatic nitrogens is 2. The van der Waals surface area contributed by atoms with Gasteiger partial charge in [-0.2, -0.15) is 11.5 Å². The Bertz CT molecular complexity index is 1590. The lowest BCUT2D eigenvalue weighted by atomic mass is 10.1. The van der Waals surface area contributed by atoms with Gasteiger partial charge < -0.3 is 15.0 Å². The molecular formula is C28H23ClFN7O. The van der Waals surface area contributed by atoms with Crippen molar-refractivity contribution >= 4 is 40.0 Å². The van der Waals surface area contributed by atoms with Crippen LogP contribution in [0.5, 0.6) is 5.75 Å². The Morgan fingerprint density at radius 2 is 2.03 bits per heavy atom. The predicted molar refractivity (Wildman–Crippen MR) is 148 cm³/mol. The van der Waals surface area contributed by atoms with E-state index in [4.69, 9.17) is 22.9 Å². The number of hydrogen-bond donors (Lipinski definition) is 2. The molecule has 1 heterocycles. The molecular weight excluding hydrogens is 505 g/mol. The van der Waals surface area contributed by atoms with Crippen LogP contribution in [0.4, 0.5) is 15.9 Å². The first kappa shape index (κ1) is 26.2. The fourth-order valence-electron chi connectivity index (χ4n) is 3.44. The van der Waals surface area contributed by atoms with Crippen molar-refractivity contribution < 1.29 is 9.13 Å². The van der Waals surface area contributed by atoms with Crippen LogP contribution in [0.3, 0.4) is 0 Å². The van der Waals surface area contributed by atoms with Gasteiger partial charge in [0.15, 0.2) is 0 Å². The minimum absolute atomic E-state index is 0.197. The molecule has 190 valence electrons. The van der Waals surface area contributed by atoms with Gasteiger partial charge in [-0.05, 0) is 54.1 Å². The Hall–Kier alpha value is -4.86. The van der Waals surface area contributed by atoms with Crippen molar-refractivity contribution in [1.82, 2.24) is 20.3 Å². The maximum Gasteiger partial charge on any atom is 0.265 e. The van der Waals surface area contributed by atoms with E-state index in [2.05, 4.69) is 42.5 Å². The molecule has 0 atom stereocenters. The van der Waals surface area contributed by atoms with E-state index in [1.54, 1.807) is 43.3 Å². The second-order valence-electron chi connectivity index (χ2n) is 8.20. The maximum absolute atomic E-state index is 13.4. The average molecular weight is 528 g/mol. The summed E-state index contributed by atoms with van der Waals surface area (Å²) in [6, 6.07) is 17.2. The van der Waals surface area contributed by atoms with Gasteiger partial charge in [-0.3, -0.25) is 0 Å². The van der Waals surface area contributed by atoms with Crippen LogP contribution in [-0.4, -0.2) is 41.5 Å². The number of fused-ring (bicyclic) bond motifs is 1. The van der Waals surface area contributed by atoms with Crippen LogP contribution < -0.4 is 15.5 Å². The van der Waals surface area contributed by atoms with Crippen LogP contribution in [-0.2, 0) is 6.61 Å². The fraction of sp³-hybridized carbons (Fsp3) is 0.143. The summed E-state index contributed by atoms with van der Waals surface area (Å²) in [5.74, 6) is 7.29. The highest BCUT2D eigenvalue weighted by atomic mass is 35.5. The molecule has 0 aliphatic carbocycles. The monoisotopic (exact) mass is 527 g/mol. The summed E-state index contributed by atoms with van der Waals surface area (Å²) >= 11 is 6.44. The second kappa shape index (κ2) is 12.4. The zero-order chi connectivity index (χ0) is 26.9. The topological polar surface area (TPSA) is 79.0 Å². The molecule has 0 aliphatic heterocycles. The molecule has 0 saturated heterocycles. The zero-order valence-corrected chi connectivity index (χ0v) is 21.4. The van der Waals surface area contributed by atoms with Gasteiger partial charge in [-0.15, -0.1) is 0 Å². The Morgan fingerprint density at radius 1 is 1.16 bits per heavy atom. The van der Waals surface area contributed by atoms with Gasteiger partial charge >= 0.3 is 0 Å². The molecule has 3 aromatic carbocycles. The standard InChI is InChI=1S/C28H23ClFN7O/c1-31-36-28(37(2)3)32-13-5-7-19-9-11-25-23(15-19)27(34-18-33-25)35-22-10-12-26(24(29)16-22)38-17-20-6-4-8-21(30)14-20/h4,6,8-12,14-16,18H,13,17H2,2-3H3,(H,32,36)(H,33,34,35). The number of hydrogen-bond acceptors (Lipinski definition) is 5. The van der Waals surface area contributed by atoms with Crippen molar-refractivity contribution in [3.63, 3.8) is 0 Å². The number of ether oxygens (including phenoxy) is 1. The van der Waals surface area contributed by atoms with E-state index in [1.807, 2.05) is 24.3 Å². The van der Waals surface area contributed by atoms with Crippen molar-refractivity contribution in [2.75, 3.05) is 26.0 Å². The third-order valence-electron chi connectivity index (χ3n) is 5.23. The Balaban J connectivity index is 1.49. The lowest BCUT2D eigenvalue weighted by Crippen LogP contribution is -2.32. The van der Waals surface area contributed by atoms with E-state index in [9.17, 15) is 4.39 Å². The van der Waals surface area contributed by atoms with Crippen LogP contribution in [0.15, 0.2) is 72.0 Å². The van der Waals surface area contributed by atoms with Gasteiger partial charge in [0.2, 0.25) is 0 Å². The maximum atomic E-state index is 13.4. The molecule has 0 spiro atoms. The molecule has 2 N–H and O–H groups in total. The first-order chi connectivity index (χ1) is 18.4. The molecule has 38 heavy (non-hydrogen) atoms. The highest BCUT2D eigenvalue weighted by Gasteiger charge is 2.09. The second-order valence-corrected chi connectivity index (χ2v) is 8.61. The van der Waals surface area contributed by atoms with E-state index in [0.29, 0.717) is 33.8 Å². The Kier molecular flexibility index (Phi) is 8.55. The molecule has 0 radical (unpaired) electrons. The summed E-state index contributed by atoms with van der Waals surface area (Å²) in [6.45, 7) is 7.36. The predicted octanol–water partition coefficient (Wildman–Crippen LogP) is 5.44. The van der Waals surface area contributed by atoms with Gasteiger partial charge in [-0.25, -0.2) is 19.4 Å². The summed E-state index contributed by atoms with van der Waals surface area (Å²) in [4.78, 5) is 17.9. The van der Waals surface area contributed by atoms with Gasteiger partial charge in [0.1, 0.15) is 36.9 Å². The number of rotatable bonds is 6. The summed E-state index contributed by atoms with van der Waals surface area (Å²) in [6.07, 6.45) is 1.48. The number of benzene rings is 3. The highest BCUT2D eigenvalue weighted by Crippen LogP contribution is 2.31. The first-order valence-corrected chi connectivity index (χ1v) is 11.8. The molecule has 0 saturated carbocycles. The number of aliphatic imine (C=N–C) groups is 1. The van der Waals surface area contributed by atoms with Gasteiger partial charge in [0.05, 0.1) is 10.5 Å². The molecule has 10 heteroatoms. The molecule has 4 rings (SSSR count). The Labute approximate surface area is 224 Å². The Morgan fingerprint density at radius 3 is 2.79 bits per heavy atom. The first-order valence-electron chi connectivity index (χ1n) is 11.4. The van der Waals surface area contributed by atoms with Gasteiger partial charge in [-0.1, -0.05) is 41.0 Å². The number of nitrogens with one attached hydrogen (secondary N) is 2. The van der Waals surface area contributed by atoms with Crippen LogP contribution in [0.2, 0.25) is 5.02 Å². The van der Waals surface area contributed by atoms with Crippen molar-refractivity contribution in [1.29, 1.82) is 0 Å². The number of halogens is 2. The van der Waals surface area contributed by atoms with E-state index in [1.165, 1.54) is 18.5 Å². The summed E-state index contributed by atoms with van der Waals surface area (Å²) < 4.78 is 19.2. The van der Waals surface area contributed by atoms with Crippen LogP contribution in [0.1, 0.15) is 11.1 Å². The van der Waals surface area contributed by atoms with Crippen molar-refractivity contribution in [3.8, 4) is 17.6 Å². The number of anilines is 2. The summed E-state index contributed by atoms with van der Waals surface area (Å²) in [5.41, 5.74) is 5.45. The van der Waals surface area contributed by atoms with Crippen molar-refractivity contribution in [3.05, 3.63) is 100 Å². The van der Waals surface area contributed by atoms with Crippen molar-refractivity contribution in [2.24, 2.45) is 4.99 Å². The molecule has 0 unspecified atom stereocenters. The fourth-order valence-corrected chi connectivity index (χ4v) is 3.67. The smallest absolute Gasteiger partial charge is 0.265 e. The molecule has 0 aliphatic rings.